The Bertz CT molecular complexity index is 432. The molecule has 0 heterocycles. The van der Waals surface area contributed by atoms with Gasteiger partial charge >= 0.3 is 11.9 Å². The standard InChI is InChI=1S/C17H24O4/c1-4-20-16(18)15(17(19)21-5-2)8-6-7-14-11-9-13(3)10-12-14/h9-12,15H,4-8H2,1-3H3. The molecule has 4 nitrogen and oxygen atoms in total. The molecular formula is C17H24O4. The quantitative estimate of drug-likeness (QED) is 0.546. The molecular weight excluding hydrogens is 268 g/mol. The maximum atomic E-state index is 11.8. The van der Waals surface area contributed by atoms with Crippen molar-refractivity contribution in [2.24, 2.45) is 5.92 Å². The van der Waals surface area contributed by atoms with E-state index in [0.717, 1.165) is 12.8 Å². The lowest BCUT2D eigenvalue weighted by Crippen LogP contribution is -2.28. The van der Waals surface area contributed by atoms with Gasteiger partial charge in [-0.2, -0.15) is 0 Å². The summed E-state index contributed by atoms with van der Waals surface area (Å²) in [5.41, 5.74) is 2.42. The Morgan fingerprint density at radius 1 is 1.00 bits per heavy atom. The van der Waals surface area contributed by atoms with Crippen LogP contribution in [0.15, 0.2) is 24.3 Å². The van der Waals surface area contributed by atoms with Crippen molar-refractivity contribution in [2.75, 3.05) is 13.2 Å². The first-order chi connectivity index (χ1) is 10.1. The Morgan fingerprint density at radius 3 is 2.00 bits per heavy atom. The largest absolute Gasteiger partial charge is 0.465 e. The number of rotatable bonds is 8. The number of benzene rings is 1. The third-order valence-corrected chi connectivity index (χ3v) is 3.22. The first-order valence-electron chi connectivity index (χ1n) is 7.47. The molecule has 0 aliphatic heterocycles. The van der Waals surface area contributed by atoms with Gasteiger partial charge < -0.3 is 9.47 Å². The Balaban J connectivity index is 2.54. The fraction of sp³-hybridized carbons (Fsp3) is 0.529. The first-order valence-corrected chi connectivity index (χ1v) is 7.47. The van der Waals surface area contributed by atoms with Crippen LogP contribution in [-0.4, -0.2) is 25.2 Å². The highest BCUT2D eigenvalue weighted by molar-refractivity contribution is 5.94. The van der Waals surface area contributed by atoms with Gasteiger partial charge in [-0.05, 0) is 45.6 Å². The number of hydrogen-bond acceptors (Lipinski definition) is 4. The molecule has 0 saturated heterocycles. The molecule has 0 saturated carbocycles. The number of ether oxygens (including phenoxy) is 2. The van der Waals surface area contributed by atoms with Crippen LogP contribution in [-0.2, 0) is 25.5 Å². The zero-order valence-electron chi connectivity index (χ0n) is 13.1. The third-order valence-electron chi connectivity index (χ3n) is 3.22. The van der Waals surface area contributed by atoms with E-state index in [-0.39, 0.29) is 13.2 Å². The smallest absolute Gasteiger partial charge is 0.320 e. The number of carbonyl (C=O) groups is 2. The lowest BCUT2D eigenvalue weighted by molar-refractivity contribution is -0.161. The first kappa shape index (κ1) is 17.2. The molecule has 0 aliphatic rings. The Hall–Kier alpha value is -1.84. The highest BCUT2D eigenvalue weighted by Gasteiger charge is 2.28. The molecule has 0 aromatic heterocycles. The van der Waals surface area contributed by atoms with Crippen LogP contribution >= 0.6 is 0 Å². The lowest BCUT2D eigenvalue weighted by atomic mass is 9.99. The molecule has 0 aliphatic carbocycles. The predicted molar refractivity (Wildman–Crippen MR) is 80.9 cm³/mol. The highest BCUT2D eigenvalue weighted by Crippen LogP contribution is 2.15. The van der Waals surface area contributed by atoms with Crippen LogP contribution in [0.5, 0.6) is 0 Å². The molecule has 116 valence electrons. The molecule has 1 aromatic carbocycles. The Kier molecular flexibility index (Phi) is 7.51. The zero-order valence-corrected chi connectivity index (χ0v) is 13.1. The summed E-state index contributed by atoms with van der Waals surface area (Å²) in [5.74, 6) is -1.78. The Morgan fingerprint density at radius 2 is 1.52 bits per heavy atom. The summed E-state index contributed by atoms with van der Waals surface area (Å²) in [6.07, 6.45) is 2.02. The Labute approximate surface area is 126 Å². The lowest BCUT2D eigenvalue weighted by Gasteiger charge is -2.14. The normalized spacial score (nSPS) is 10.5. The molecule has 4 heteroatoms. The molecule has 0 amide bonds. The van der Waals surface area contributed by atoms with Gasteiger partial charge in [0.25, 0.3) is 0 Å². The summed E-state index contributed by atoms with van der Waals surface area (Å²) in [6.45, 7) is 6.04. The van der Waals surface area contributed by atoms with Crippen LogP contribution < -0.4 is 0 Å². The maximum absolute atomic E-state index is 11.8. The minimum absolute atomic E-state index is 0.271. The van der Waals surface area contributed by atoms with Crippen molar-refractivity contribution in [3.05, 3.63) is 35.4 Å². The van der Waals surface area contributed by atoms with E-state index in [1.165, 1.54) is 11.1 Å². The summed E-state index contributed by atoms with van der Waals surface area (Å²) in [7, 11) is 0. The molecule has 1 aromatic rings. The van der Waals surface area contributed by atoms with E-state index in [2.05, 4.69) is 24.3 Å². The number of hydrogen-bond donors (Lipinski definition) is 0. The zero-order chi connectivity index (χ0) is 15.7. The molecule has 0 N–H and O–H groups in total. The SMILES string of the molecule is CCOC(=O)C(CCCc1ccc(C)cc1)C(=O)OCC. The number of aryl methyl sites for hydroxylation is 2. The summed E-state index contributed by atoms with van der Waals surface area (Å²) in [4.78, 5) is 23.6. The van der Waals surface area contributed by atoms with E-state index in [4.69, 9.17) is 9.47 Å². The number of carbonyl (C=O) groups excluding carboxylic acids is 2. The molecule has 0 atom stereocenters. The van der Waals surface area contributed by atoms with Crippen LogP contribution in [0.4, 0.5) is 0 Å². The van der Waals surface area contributed by atoms with Gasteiger partial charge in [-0.1, -0.05) is 29.8 Å². The minimum atomic E-state index is -0.810. The average Bonchev–Trinajstić information content (AvgIpc) is 2.46. The van der Waals surface area contributed by atoms with E-state index < -0.39 is 17.9 Å². The molecule has 21 heavy (non-hydrogen) atoms. The second-order valence-electron chi connectivity index (χ2n) is 4.93. The summed E-state index contributed by atoms with van der Waals surface area (Å²) < 4.78 is 9.90. The van der Waals surface area contributed by atoms with Crippen LogP contribution in [0.25, 0.3) is 0 Å². The van der Waals surface area contributed by atoms with Crippen molar-refractivity contribution in [2.45, 2.75) is 40.0 Å². The van der Waals surface area contributed by atoms with Gasteiger partial charge in [0.15, 0.2) is 5.92 Å². The van der Waals surface area contributed by atoms with Gasteiger partial charge in [-0.15, -0.1) is 0 Å². The molecule has 1 rings (SSSR count). The van der Waals surface area contributed by atoms with Crippen molar-refractivity contribution < 1.29 is 19.1 Å². The number of esters is 2. The molecule has 0 bridgehead atoms. The van der Waals surface area contributed by atoms with Gasteiger partial charge in [0.1, 0.15) is 0 Å². The van der Waals surface area contributed by atoms with E-state index in [1.807, 2.05) is 6.92 Å². The van der Waals surface area contributed by atoms with Crippen molar-refractivity contribution in [1.29, 1.82) is 0 Å². The van der Waals surface area contributed by atoms with E-state index in [0.29, 0.717) is 6.42 Å². The van der Waals surface area contributed by atoms with Crippen molar-refractivity contribution in [3.63, 3.8) is 0 Å². The molecule has 0 radical (unpaired) electrons. The van der Waals surface area contributed by atoms with Crippen LogP contribution in [0.2, 0.25) is 0 Å². The van der Waals surface area contributed by atoms with Crippen LogP contribution in [0.1, 0.15) is 37.8 Å². The summed E-state index contributed by atoms with van der Waals surface area (Å²) in [6, 6.07) is 8.26. The topological polar surface area (TPSA) is 52.6 Å². The minimum Gasteiger partial charge on any atom is -0.465 e. The van der Waals surface area contributed by atoms with Crippen molar-refractivity contribution in [1.82, 2.24) is 0 Å². The second-order valence-corrected chi connectivity index (χ2v) is 4.93. The van der Waals surface area contributed by atoms with Gasteiger partial charge in [0.05, 0.1) is 13.2 Å². The highest BCUT2D eigenvalue weighted by atomic mass is 16.6. The van der Waals surface area contributed by atoms with Gasteiger partial charge in [-0.25, -0.2) is 0 Å². The van der Waals surface area contributed by atoms with E-state index in [9.17, 15) is 9.59 Å². The molecule has 0 spiro atoms. The maximum Gasteiger partial charge on any atom is 0.320 e. The van der Waals surface area contributed by atoms with Gasteiger partial charge in [0.2, 0.25) is 0 Å². The summed E-state index contributed by atoms with van der Waals surface area (Å²) >= 11 is 0. The monoisotopic (exact) mass is 292 g/mol. The van der Waals surface area contributed by atoms with E-state index in [1.54, 1.807) is 13.8 Å². The van der Waals surface area contributed by atoms with Crippen molar-refractivity contribution in [3.8, 4) is 0 Å². The molecule has 0 fully saturated rings. The van der Waals surface area contributed by atoms with Crippen LogP contribution in [0, 0.1) is 12.8 Å². The van der Waals surface area contributed by atoms with E-state index >= 15 is 0 Å². The van der Waals surface area contributed by atoms with Crippen molar-refractivity contribution >= 4 is 11.9 Å². The second kappa shape index (κ2) is 9.16. The fourth-order valence-corrected chi connectivity index (χ4v) is 2.08. The van der Waals surface area contributed by atoms with Gasteiger partial charge in [0, 0.05) is 0 Å². The molecule has 0 unspecified atom stereocenters. The third kappa shape index (κ3) is 5.98. The fourth-order valence-electron chi connectivity index (χ4n) is 2.08. The predicted octanol–water partition coefficient (Wildman–Crippen LogP) is 3.06. The summed E-state index contributed by atoms with van der Waals surface area (Å²) in [5, 5.41) is 0. The average molecular weight is 292 g/mol. The van der Waals surface area contributed by atoms with Gasteiger partial charge in [-0.3, -0.25) is 9.59 Å². The van der Waals surface area contributed by atoms with Crippen LogP contribution in [0.3, 0.4) is 0 Å².